The Morgan fingerprint density at radius 3 is 2.47 bits per heavy atom. The number of aromatic hydroxyl groups is 1. The average Bonchev–Trinajstić information content (AvgIpc) is 2.29. The fourth-order valence-electron chi connectivity index (χ4n) is 1.34. The van der Waals surface area contributed by atoms with Crippen LogP contribution in [0.5, 0.6) is 5.75 Å². The Labute approximate surface area is 95.2 Å². The van der Waals surface area contributed by atoms with E-state index in [1.54, 1.807) is 12.1 Å². The van der Waals surface area contributed by atoms with Crippen LogP contribution in [0.2, 0.25) is 0 Å². The molecule has 1 heterocycles. The van der Waals surface area contributed by atoms with Gasteiger partial charge in [-0.2, -0.15) is 0 Å². The molecule has 0 bridgehead atoms. The van der Waals surface area contributed by atoms with Crippen molar-refractivity contribution in [1.29, 1.82) is 0 Å². The third kappa shape index (κ3) is 2.31. The van der Waals surface area contributed by atoms with Crippen LogP contribution in [0.15, 0.2) is 35.1 Å². The molecule has 0 aliphatic carbocycles. The summed E-state index contributed by atoms with van der Waals surface area (Å²) in [7, 11) is 0. The summed E-state index contributed by atoms with van der Waals surface area (Å²) in [5.74, 6) is -1.64. The van der Waals surface area contributed by atoms with Crippen LogP contribution in [0, 0.1) is 0 Å². The van der Waals surface area contributed by atoms with E-state index in [0.29, 0.717) is 5.56 Å². The Hall–Kier alpha value is -2.63. The molecule has 0 amide bonds. The number of H-pyrrole nitrogens is 1. The lowest BCUT2D eigenvalue weighted by atomic mass is 10.1. The number of benzene rings is 1. The average molecular weight is 232 g/mol. The normalized spacial score (nSPS) is 10.1. The van der Waals surface area contributed by atoms with E-state index in [0.717, 1.165) is 0 Å². The first-order valence-electron chi connectivity index (χ1n) is 4.70. The second-order valence-electron chi connectivity index (χ2n) is 3.33. The standard InChI is InChI=1S/C11H8N2O4/c14-7-3-1-6(2-4-7)8-5-9(15)13-10(12-8)11(16)17/h1-5,14H,(H,16,17)(H,12,13,15). The van der Waals surface area contributed by atoms with Gasteiger partial charge in [-0.15, -0.1) is 0 Å². The molecule has 0 unspecified atom stereocenters. The van der Waals surface area contributed by atoms with E-state index < -0.39 is 17.4 Å². The third-order valence-corrected chi connectivity index (χ3v) is 2.11. The number of carboxylic acids is 1. The van der Waals surface area contributed by atoms with Gasteiger partial charge in [-0.05, 0) is 24.3 Å². The van der Waals surface area contributed by atoms with Crippen LogP contribution >= 0.6 is 0 Å². The van der Waals surface area contributed by atoms with Crippen molar-refractivity contribution < 1.29 is 15.0 Å². The summed E-state index contributed by atoms with van der Waals surface area (Å²) in [4.78, 5) is 27.9. The number of carbonyl (C=O) groups is 1. The number of carboxylic acid groups (broad SMARTS) is 1. The largest absolute Gasteiger partial charge is 0.508 e. The van der Waals surface area contributed by atoms with Crippen molar-refractivity contribution in [3.8, 4) is 17.0 Å². The second kappa shape index (κ2) is 4.09. The summed E-state index contributed by atoms with van der Waals surface area (Å²) in [6.07, 6.45) is 0. The molecule has 17 heavy (non-hydrogen) atoms. The quantitative estimate of drug-likeness (QED) is 0.711. The number of phenolic OH excluding ortho intramolecular Hbond substituents is 1. The first-order chi connectivity index (χ1) is 8.06. The lowest BCUT2D eigenvalue weighted by Gasteiger charge is -2.01. The van der Waals surface area contributed by atoms with Crippen molar-refractivity contribution in [1.82, 2.24) is 9.97 Å². The van der Waals surface area contributed by atoms with Gasteiger partial charge >= 0.3 is 5.97 Å². The molecule has 0 saturated carbocycles. The number of aromatic carboxylic acids is 1. The van der Waals surface area contributed by atoms with Crippen LogP contribution in [0.4, 0.5) is 0 Å². The predicted molar refractivity (Wildman–Crippen MR) is 58.9 cm³/mol. The minimum atomic E-state index is -1.30. The highest BCUT2D eigenvalue weighted by Gasteiger charge is 2.09. The Bertz CT molecular complexity index is 616. The molecule has 0 radical (unpaired) electrons. The van der Waals surface area contributed by atoms with Gasteiger partial charge in [0.1, 0.15) is 5.75 Å². The Morgan fingerprint density at radius 1 is 1.24 bits per heavy atom. The monoisotopic (exact) mass is 232 g/mol. The van der Waals surface area contributed by atoms with E-state index in [9.17, 15) is 9.59 Å². The number of rotatable bonds is 2. The molecular weight excluding hydrogens is 224 g/mol. The molecule has 0 atom stereocenters. The van der Waals surface area contributed by atoms with Crippen molar-refractivity contribution in [3.05, 3.63) is 46.5 Å². The Morgan fingerprint density at radius 2 is 1.88 bits per heavy atom. The third-order valence-electron chi connectivity index (χ3n) is 2.11. The van der Waals surface area contributed by atoms with Crippen LogP contribution in [0.25, 0.3) is 11.3 Å². The number of hydrogen-bond donors (Lipinski definition) is 3. The van der Waals surface area contributed by atoms with Crippen molar-refractivity contribution in [3.63, 3.8) is 0 Å². The van der Waals surface area contributed by atoms with Gasteiger partial charge in [0.05, 0.1) is 5.69 Å². The molecule has 86 valence electrons. The number of nitrogens with zero attached hydrogens (tertiary/aromatic N) is 1. The second-order valence-corrected chi connectivity index (χ2v) is 3.33. The summed E-state index contributed by atoms with van der Waals surface area (Å²) in [6, 6.07) is 7.14. The predicted octanol–water partition coefficient (Wildman–Crippen LogP) is 0.841. The van der Waals surface area contributed by atoms with Crippen LogP contribution in [-0.2, 0) is 0 Å². The van der Waals surface area contributed by atoms with E-state index >= 15 is 0 Å². The minimum Gasteiger partial charge on any atom is -0.508 e. The van der Waals surface area contributed by atoms with E-state index in [1.807, 2.05) is 0 Å². The van der Waals surface area contributed by atoms with Crippen LogP contribution in [-0.4, -0.2) is 26.2 Å². The van der Waals surface area contributed by atoms with Gasteiger partial charge in [-0.25, -0.2) is 9.78 Å². The van der Waals surface area contributed by atoms with Gasteiger partial charge < -0.3 is 15.2 Å². The molecule has 0 aliphatic rings. The molecule has 1 aromatic carbocycles. The summed E-state index contributed by atoms with van der Waals surface area (Å²) in [6.45, 7) is 0. The van der Waals surface area contributed by atoms with Crippen LogP contribution < -0.4 is 5.56 Å². The summed E-state index contributed by atoms with van der Waals surface area (Å²) < 4.78 is 0. The first kappa shape index (κ1) is 10.9. The first-order valence-corrected chi connectivity index (χ1v) is 4.70. The van der Waals surface area contributed by atoms with Gasteiger partial charge in [0, 0.05) is 11.6 Å². The number of aromatic amines is 1. The molecule has 0 fully saturated rings. The number of phenols is 1. The van der Waals surface area contributed by atoms with E-state index in [-0.39, 0.29) is 11.4 Å². The van der Waals surface area contributed by atoms with Crippen molar-refractivity contribution in [2.45, 2.75) is 0 Å². The van der Waals surface area contributed by atoms with Crippen LogP contribution in [0.1, 0.15) is 10.6 Å². The molecule has 0 saturated heterocycles. The molecule has 0 aliphatic heterocycles. The summed E-state index contributed by atoms with van der Waals surface area (Å²) in [5, 5.41) is 17.9. The lowest BCUT2D eigenvalue weighted by molar-refractivity contribution is 0.0683. The number of hydrogen-bond acceptors (Lipinski definition) is 4. The van der Waals surface area contributed by atoms with Gasteiger partial charge in [0.15, 0.2) is 0 Å². The molecular formula is C11H8N2O4. The highest BCUT2D eigenvalue weighted by Crippen LogP contribution is 2.18. The summed E-state index contributed by atoms with van der Waals surface area (Å²) in [5.41, 5.74) is 0.253. The summed E-state index contributed by atoms with van der Waals surface area (Å²) >= 11 is 0. The molecule has 1 aromatic heterocycles. The zero-order chi connectivity index (χ0) is 12.4. The smallest absolute Gasteiger partial charge is 0.372 e. The topological polar surface area (TPSA) is 103 Å². The number of nitrogens with one attached hydrogen (secondary N) is 1. The molecule has 2 rings (SSSR count). The van der Waals surface area contributed by atoms with Gasteiger partial charge in [0.25, 0.3) is 5.56 Å². The van der Waals surface area contributed by atoms with Gasteiger partial charge in [-0.3, -0.25) is 4.79 Å². The van der Waals surface area contributed by atoms with Gasteiger partial charge in [0.2, 0.25) is 5.82 Å². The van der Waals surface area contributed by atoms with Crippen molar-refractivity contribution >= 4 is 5.97 Å². The Kier molecular flexibility index (Phi) is 2.61. The highest BCUT2D eigenvalue weighted by atomic mass is 16.4. The fourth-order valence-corrected chi connectivity index (χ4v) is 1.34. The fraction of sp³-hybridized carbons (Fsp3) is 0. The highest BCUT2D eigenvalue weighted by molar-refractivity contribution is 5.83. The van der Waals surface area contributed by atoms with Crippen molar-refractivity contribution in [2.75, 3.05) is 0 Å². The molecule has 3 N–H and O–H groups in total. The van der Waals surface area contributed by atoms with Gasteiger partial charge in [-0.1, -0.05) is 0 Å². The molecule has 0 spiro atoms. The van der Waals surface area contributed by atoms with E-state index in [4.69, 9.17) is 10.2 Å². The maximum absolute atomic E-state index is 11.2. The SMILES string of the molecule is O=C(O)c1nc(-c2ccc(O)cc2)cc(=O)[nH]1. The molecule has 2 aromatic rings. The molecule has 6 nitrogen and oxygen atoms in total. The van der Waals surface area contributed by atoms with E-state index in [1.165, 1.54) is 18.2 Å². The lowest BCUT2D eigenvalue weighted by Crippen LogP contribution is -2.15. The zero-order valence-corrected chi connectivity index (χ0v) is 8.54. The minimum absolute atomic E-state index is 0.0806. The Balaban J connectivity index is 2.55. The van der Waals surface area contributed by atoms with E-state index in [2.05, 4.69) is 9.97 Å². The van der Waals surface area contributed by atoms with Crippen molar-refractivity contribution in [2.24, 2.45) is 0 Å². The number of aromatic nitrogens is 2. The van der Waals surface area contributed by atoms with Crippen LogP contribution in [0.3, 0.4) is 0 Å². The maximum Gasteiger partial charge on any atom is 0.372 e. The zero-order valence-electron chi connectivity index (χ0n) is 8.54. The maximum atomic E-state index is 11.2. The molecule has 6 heteroatoms.